The summed E-state index contributed by atoms with van der Waals surface area (Å²) >= 11 is 5.36. The van der Waals surface area contributed by atoms with Crippen molar-refractivity contribution in [2.75, 3.05) is 5.73 Å². The largest absolute Gasteiger partial charge is 0.396 e. The minimum atomic E-state index is -1.09. The van der Waals surface area contributed by atoms with Crippen molar-refractivity contribution in [3.05, 3.63) is 33.1 Å². The number of nitrogen functional groups attached to an aromatic ring is 1. The zero-order valence-corrected chi connectivity index (χ0v) is 6.51. The lowest BCUT2D eigenvalue weighted by molar-refractivity contribution is -0.387. The molecule has 0 radical (unpaired) electrons. The summed E-state index contributed by atoms with van der Waals surface area (Å²) in [5, 5.41) is 9.96. The van der Waals surface area contributed by atoms with E-state index in [1.165, 1.54) is 12.1 Å². The number of halogens is 2. The molecule has 0 bridgehead atoms. The second kappa shape index (κ2) is 2.94. The van der Waals surface area contributed by atoms with Gasteiger partial charge in [0.2, 0.25) is 5.82 Å². The summed E-state index contributed by atoms with van der Waals surface area (Å²) in [5.41, 5.74) is 4.02. The van der Waals surface area contributed by atoms with Crippen molar-refractivity contribution in [2.24, 2.45) is 0 Å². The van der Waals surface area contributed by atoms with Gasteiger partial charge in [-0.3, -0.25) is 10.1 Å². The Morgan fingerprint density at radius 2 is 2.17 bits per heavy atom. The number of anilines is 1. The van der Waals surface area contributed by atoms with Crippen molar-refractivity contribution < 1.29 is 9.31 Å². The van der Waals surface area contributed by atoms with E-state index in [4.69, 9.17) is 17.3 Å². The normalized spacial score (nSPS) is 9.83. The first-order chi connectivity index (χ1) is 5.54. The van der Waals surface area contributed by atoms with Crippen molar-refractivity contribution in [1.82, 2.24) is 0 Å². The lowest BCUT2D eigenvalue weighted by Crippen LogP contribution is -1.98. The van der Waals surface area contributed by atoms with Crippen LogP contribution in [0.25, 0.3) is 0 Å². The third-order valence-electron chi connectivity index (χ3n) is 1.28. The minimum Gasteiger partial charge on any atom is -0.396 e. The van der Waals surface area contributed by atoms with E-state index in [-0.39, 0.29) is 10.7 Å². The molecule has 0 amide bonds. The third-order valence-corrected chi connectivity index (χ3v) is 1.58. The van der Waals surface area contributed by atoms with Gasteiger partial charge in [-0.1, -0.05) is 11.6 Å². The van der Waals surface area contributed by atoms with Gasteiger partial charge < -0.3 is 5.73 Å². The summed E-state index contributed by atoms with van der Waals surface area (Å²) in [4.78, 5) is 9.31. The first kappa shape index (κ1) is 8.73. The Bertz CT molecular complexity index is 343. The number of rotatable bonds is 1. The van der Waals surface area contributed by atoms with Gasteiger partial charge in [-0.25, -0.2) is 0 Å². The Kier molecular flexibility index (Phi) is 2.14. The van der Waals surface area contributed by atoms with Gasteiger partial charge in [0, 0.05) is 0 Å². The first-order valence-electron chi connectivity index (χ1n) is 2.92. The topological polar surface area (TPSA) is 69.2 Å². The zero-order valence-electron chi connectivity index (χ0n) is 5.75. The maximum absolute atomic E-state index is 12.9. The van der Waals surface area contributed by atoms with Gasteiger partial charge >= 0.3 is 5.69 Å². The monoisotopic (exact) mass is 190 g/mol. The molecule has 4 nitrogen and oxygen atoms in total. The quantitative estimate of drug-likeness (QED) is 0.418. The molecule has 0 atom stereocenters. The van der Waals surface area contributed by atoms with E-state index in [0.717, 1.165) is 0 Å². The Hall–Kier alpha value is -1.36. The summed E-state index contributed by atoms with van der Waals surface area (Å²) in [7, 11) is 0. The fraction of sp³-hybridized carbons (Fsp3) is 0. The Labute approximate surface area is 71.9 Å². The molecule has 64 valence electrons. The van der Waals surface area contributed by atoms with Crippen LogP contribution in [0.4, 0.5) is 15.8 Å². The average Bonchev–Trinajstić information content (AvgIpc) is 1.97. The van der Waals surface area contributed by atoms with Gasteiger partial charge in [-0.2, -0.15) is 4.39 Å². The molecule has 1 aromatic carbocycles. The van der Waals surface area contributed by atoms with Gasteiger partial charge in [0.15, 0.2) is 0 Å². The molecule has 0 heterocycles. The third kappa shape index (κ3) is 1.31. The number of hydrogen-bond acceptors (Lipinski definition) is 3. The molecule has 0 spiro atoms. The SMILES string of the molecule is Nc1ccc(Cl)c([N+](=O)[O-])c1F. The Balaban J connectivity index is 3.43. The predicted octanol–water partition coefficient (Wildman–Crippen LogP) is 1.97. The highest BCUT2D eigenvalue weighted by atomic mass is 35.5. The van der Waals surface area contributed by atoms with Crippen molar-refractivity contribution in [1.29, 1.82) is 0 Å². The molecule has 0 aliphatic rings. The van der Waals surface area contributed by atoms with Crippen molar-refractivity contribution in [3.63, 3.8) is 0 Å². The smallest absolute Gasteiger partial charge is 0.325 e. The van der Waals surface area contributed by atoms with E-state index < -0.39 is 16.4 Å². The molecule has 0 aliphatic carbocycles. The molecular weight excluding hydrogens is 187 g/mol. The molecular formula is C6H4ClFN2O2. The van der Waals surface area contributed by atoms with E-state index in [1.807, 2.05) is 0 Å². The highest BCUT2D eigenvalue weighted by Gasteiger charge is 2.20. The summed E-state index contributed by atoms with van der Waals surface area (Å²) in [6, 6.07) is 2.35. The number of nitrogens with zero attached hydrogens (tertiary/aromatic N) is 1. The van der Waals surface area contributed by atoms with E-state index in [9.17, 15) is 14.5 Å². The fourth-order valence-corrected chi connectivity index (χ4v) is 0.939. The summed E-state index contributed by atoms with van der Waals surface area (Å²) in [6.45, 7) is 0. The first-order valence-corrected chi connectivity index (χ1v) is 3.29. The van der Waals surface area contributed by atoms with Crippen LogP contribution in [0.3, 0.4) is 0 Å². The molecule has 1 rings (SSSR count). The number of nitrogens with two attached hydrogens (primary N) is 1. The standard InChI is InChI=1S/C6H4ClFN2O2/c7-3-1-2-4(9)5(8)6(3)10(11)12/h1-2H,9H2. The van der Waals surface area contributed by atoms with Gasteiger partial charge in [-0.05, 0) is 12.1 Å². The van der Waals surface area contributed by atoms with Crippen LogP contribution in [0.1, 0.15) is 0 Å². The average molecular weight is 191 g/mol. The maximum Gasteiger partial charge on any atom is 0.325 e. The molecule has 0 fully saturated rings. The van der Waals surface area contributed by atoms with Crippen LogP contribution in [0.15, 0.2) is 12.1 Å². The van der Waals surface area contributed by atoms with Crippen LogP contribution in [-0.4, -0.2) is 4.92 Å². The molecule has 0 saturated carbocycles. The maximum atomic E-state index is 12.9. The Morgan fingerprint density at radius 3 is 2.58 bits per heavy atom. The summed E-state index contributed by atoms with van der Waals surface area (Å²) in [5.74, 6) is -1.09. The summed E-state index contributed by atoms with van der Waals surface area (Å²) in [6.07, 6.45) is 0. The lowest BCUT2D eigenvalue weighted by Gasteiger charge is -1.98. The van der Waals surface area contributed by atoms with E-state index in [0.29, 0.717) is 0 Å². The van der Waals surface area contributed by atoms with Crippen LogP contribution >= 0.6 is 11.6 Å². The van der Waals surface area contributed by atoms with Crippen LogP contribution in [0.5, 0.6) is 0 Å². The van der Waals surface area contributed by atoms with Gasteiger partial charge in [0.25, 0.3) is 0 Å². The van der Waals surface area contributed by atoms with Crippen LogP contribution in [0, 0.1) is 15.9 Å². The second-order valence-corrected chi connectivity index (χ2v) is 2.46. The van der Waals surface area contributed by atoms with Crippen molar-refractivity contribution in [3.8, 4) is 0 Å². The predicted molar refractivity (Wildman–Crippen MR) is 42.5 cm³/mol. The van der Waals surface area contributed by atoms with Gasteiger partial charge in [0.1, 0.15) is 5.02 Å². The molecule has 0 aliphatic heterocycles. The highest BCUT2D eigenvalue weighted by Crippen LogP contribution is 2.30. The molecule has 1 aromatic rings. The summed E-state index contributed by atoms with van der Waals surface area (Å²) < 4.78 is 12.9. The van der Waals surface area contributed by atoms with Crippen LogP contribution in [0.2, 0.25) is 5.02 Å². The molecule has 0 unspecified atom stereocenters. The molecule has 0 aromatic heterocycles. The zero-order chi connectivity index (χ0) is 9.30. The van der Waals surface area contributed by atoms with Gasteiger partial charge in [-0.15, -0.1) is 0 Å². The number of nitro benzene ring substituents is 1. The second-order valence-electron chi connectivity index (χ2n) is 2.06. The molecule has 6 heteroatoms. The molecule has 0 saturated heterocycles. The number of nitro groups is 1. The van der Waals surface area contributed by atoms with E-state index in [1.54, 1.807) is 0 Å². The van der Waals surface area contributed by atoms with Gasteiger partial charge in [0.05, 0.1) is 10.6 Å². The Morgan fingerprint density at radius 1 is 1.58 bits per heavy atom. The van der Waals surface area contributed by atoms with E-state index in [2.05, 4.69) is 0 Å². The molecule has 12 heavy (non-hydrogen) atoms. The fourth-order valence-electron chi connectivity index (χ4n) is 0.724. The number of hydrogen-bond donors (Lipinski definition) is 1. The van der Waals surface area contributed by atoms with Crippen molar-refractivity contribution >= 4 is 23.0 Å². The number of benzene rings is 1. The van der Waals surface area contributed by atoms with Crippen LogP contribution in [-0.2, 0) is 0 Å². The minimum absolute atomic E-state index is 0.258. The van der Waals surface area contributed by atoms with Crippen LogP contribution < -0.4 is 5.73 Å². The highest BCUT2D eigenvalue weighted by molar-refractivity contribution is 6.32. The van der Waals surface area contributed by atoms with E-state index >= 15 is 0 Å². The van der Waals surface area contributed by atoms with Crippen molar-refractivity contribution in [2.45, 2.75) is 0 Å². The lowest BCUT2D eigenvalue weighted by atomic mass is 10.3. The molecule has 2 N–H and O–H groups in total.